The minimum absolute atomic E-state index is 0.359. The summed E-state index contributed by atoms with van der Waals surface area (Å²) in [7, 11) is 0. The van der Waals surface area contributed by atoms with Crippen LogP contribution in [0.1, 0.15) is 18.9 Å². The smallest absolute Gasteiger partial charge is 0.331 e. The molecule has 4 nitrogen and oxygen atoms in total. The molecule has 0 fully saturated rings. The zero-order valence-electron chi connectivity index (χ0n) is 9.90. The van der Waals surface area contributed by atoms with Crippen LogP contribution in [0.3, 0.4) is 0 Å². The van der Waals surface area contributed by atoms with Gasteiger partial charge in [-0.05, 0) is 24.6 Å². The second-order valence-corrected chi connectivity index (χ2v) is 4.49. The van der Waals surface area contributed by atoms with Gasteiger partial charge >= 0.3 is 5.97 Å². The minimum atomic E-state index is -0.907. The molecule has 0 atom stereocenters. The van der Waals surface area contributed by atoms with E-state index >= 15 is 0 Å². The molecule has 1 aromatic rings. The topological polar surface area (TPSA) is 73.1 Å². The van der Waals surface area contributed by atoms with Gasteiger partial charge in [0, 0.05) is 16.6 Å². The number of rotatable bonds is 5. The van der Waals surface area contributed by atoms with Gasteiger partial charge in [0.25, 0.3) is 0 Å². The fraction of sp³-hybridized carbons (Fsp3) is 0.231. The molecule has 0 aliphatic heterocycles. The molecule has 0 aliphatic rings. The highest BCUT2D eigenvalue weighted by molar-refractivity contribution is 9.10. The zero-order valence-corrected chi connectivity index (χ0v) is 11.5. The van der Waals surface area contributed by atoms with Crippen LogP contribution in [0, 0.1) is 11.3 Å². The van der Waals surface area contributed by atoms with E-state index in [0.29, 0.717) is 29.8 Å². The predicted octanol–water partition coefficient (Wildman–Crippen LogP) is 3.15. The summed E-state index contributed by atoms with van der Waals surface area (Å²) in [6.45, 7) is 2.17. The number of hydrogen-bond donors (Lipinski definition) is 2. The van der Waals surface area contributed by atoms with E-state index in [1.807, 2.05) is 6.07 Å². The Hall–Kier alpha value is -1.80. The van der Waals surface area contributed by atoms with Crippen molar-refractivity contribution < 1.29 is 9.90 Å². The summed E-state index contributed by atoms with van der Waals surface area (Å²) in [5, 5.41) is 20.8. The molecule has 0 saturated heterocycles. The number of nitrogens with zero attached hydrogens (tertiary/aromatic N) is 1. The second-order valence-electron chi connectivity index (χ2n) is 3.57. The molecule has 1 aromatic carbocycles. The largest absolute Gasteiger partial charge is 0.478 e. The van der Waals surface area contributed by atoms with Crippen LogP contribution < -0.4 is 5.32 Å². The number of carbonyl (C=O) groups is 1. The highest BCUT2D eigenvalue weighted by Gasteiger charge is 2.04. The van der Waals surface area contributed by atoms with Gasteiger partial charge in [-0.15, -0.1) is 0 Å². The molecule has 0 unspecified atom stereocenters. The average Bonchev–Trinajstić information content (AvgIpc) is 2.35. The maximum absolute atomic E-state index is 10.8. The molecule has 1 rings (SSSR count). The van der Waals surface area contributed by atoms with E-state index < -0.39 is 5.97 Å². The first-order chi connectivity index (χ1) is 8.58. The fourth-order valence-corrected chi connectivity index (χ4v) is 1.79. The molecule has 2 N–H and O–H groups in total. The quantitative estimate of drug-likeness (QED) is 0.820. The maximum Gasteiger partial charge on any atom is 0.331 e. The van der Waals surface area contributed by atoms with Gasteiger partial charge in [-0.25, -0.2) is 4.79 Å². The lowest BCUT2D eigenvalue weighted by atomic mass is 10.2. The van der Waals surface area contributed by atoms with Gasteiger partial charge in [0.2, 0.25) is 0 Å². The van der Waals surface area contributed by atoms with Gasteiger partial charge in [0.15, 0.2) is 0 Å². The van der Waals surface area contributed by atoms with E-state index in [-0.39, 0.29) is 0 Å². The molecule has 94 valence electrons. The summed E-state index contributed by atoms with van der Waals surface area (Å²) in [4.78, 5) is 10.8. The fourth-order valence-electron chi connectivity index (χ4n) is 1.43. The Morgan fingerprint density at radius 3 is 2.89 bits per heavy atom. The lowest BCUT2D eigenvalue weighted by molar-refractivity contribution is -0.132. The van der Waals surface area contributed by atoms with Gasteiger partial charge in [0.1, 0.15) is 6.07 Å². The molecule has 18 heavy (non-hydrogen) atoms. The normalized spacial score (nSPS) is 10.8. The average molecular weight is 309 g/mol. The Kier molecular flexibility index (Phi) is 5.40. The van der Waals surface area contributed by atoms with Crippen LogP contribution in [0.4, 0.5) is 5.69 Å². The third kappa shape index (κ3) is 3.90. The number of aliphatic carboxylic acids is 1. The summed E-state index contributed by atoms with van der Waals surface area (Å²) in [6, 6.07) is 7.40. The van der Waals surface area contributed by atoms with Gasteiger partial charge < -0.3 is 10.4 Å². The molecule has 0 aromatic heterocycles. The van der Waals surface area contributed by atoms with Crippen LogP contribution in [0.15, 0.2) is 34.3 Å². The van der Waals surface area contributed by atoms with Crippen molar-refractivity contribution in [2.45, 2.75) is 13.3 Å². The highest BCUT2D eigenvalue weighted by atomic mass is 79.9. The Morgan fingerprint density at radius 1 is 1.61 bits per heavy atom. The zero-order chi connectivity index (χ0) is 13.5. The Morgan fingerprint density at radius 2 is 2.33 bits per heavy atom. The highest BCUT2D eigenvalue weighted by Crippen LogP contribution is 2.20. The number of halogens is 1. The SMILES string of the molecule is CC/C(=C/CNc1ccc(Br)cc1C#N)C(=O)O. The number of carboxylic acids is 1. The number of anilines is 1. The third-order valence-electron chi connectivity index (χ3n) is 2.40. The minimum Gasteiger partial charge on any atom is -0.478 e. The predicted molar refractivity (Wildman–Crippen MR) is 73.4 cm³/mol. The number of nitrogens with one attached hydrogen (secondary N) is 1. The van der Waals surface area contributed by atoms with Crippen molar-refractivity contribution in [1.29, 1.82) is 5.26 Å². The van der Waals surface area contributed by atoms with Crippen molar-refractivity contribution in [1.82, 2.24) is 0 Å². The van der Waals surface area contributed by atoms with Crippen LogP contribution in [0.2, 0.25) is 0 Å². The van der Waals surface area contributed by atoms with Crippen molar-refractivity contribution in [3.8, 4) is 6.07 Å². The molecule has 5 heteroatoms. The van der Waals surface area contributed by atoms with Crippen molar-refractivity contribution in [3.05, 3.63) is 39.9 Å². The third-order valence-corrected chi connectivity index (χ3v) is 2.89. The molecule has 0 amide bonds. The molecule has 0 heterocycles. The molecule has 0 saturated carbocycles. The first kappa shape index (κ1) is 14.3. The number of benzene rings is 1. The van der Waals surface area contributed by atoms with E-state index in [1.165, 1.54) is 0 Å². The van der Waals surface area contributed by atoms with Crippen LogP contribution in [0.25, 0.3) is 0 Å². The van der Waals surface area contributed by atoms with E-state index in [9.17, 15) is 4.79 Å². The van der Waals surface area contributed by atoms with Crippen molar-refractivity contribution in [2.24, 2.45) is 0 Å². The molecular weight excluding hydrogens is 296 g/mol. The van der Waals surface area contributed by atoms with Crippen molar-refractivity contribution in [3.63, 3.8) is 0 Å². The number of hydrogen-bond acceptors (Lipinski definition) is 3. The number of nitriles is 1. The summed E-state index contributed by atoms with van der Waals surface area (Å²) in [5.41, 5.74) is 1.57. The summed E-state index contributed by atoms with van der Waals surface area (Å²) < 4.78 is 0.833. The number of carboxylic acid groups (broad SMARTS) is 1. The van der Waals surface area contributed by atoms with E-state index in [0.717, 1.165) is 4.47 Å². The van der Waals surface area contributed by atoms with Crippen molar-refractivity contribution >= 4 is 27.6 Å². The summed E-state index contributed by atoms with van der Waals surface area (Å²) >= 11 is 3.29. The molecular formula is C13H13BrN2O2. The molecule has 0 bridgehead atoms. The van der Waals surface area contributed by atoms with Gasteiger partial charge in [-0.3, -0.25) is 0 Å². The van der Waals surface area contributed by atoms with Crippen LogP contribution in [-0.2, 0) is 4.79 Å². The Bertz CT molecular complexity index is 518. The van der Waals surface area contributed by atoms with Gasteiger partial charge in [-0.1, -0.05) is 28.9 Å². The van der Waals surface area contributed by atoms with Crippen LogP contribution in [-0.4, -0.2) is 17.6 Å². The summed E-state index contributed by atoms with van der Waals surface area (Å²) in [5.74, 6) is -0.907. The van der Waals surface area contributed by atoms with E-state index in [2.05, 4.69) is 27.3 Å². The summed E-state index contributed by atoms with van der Waals surface area (Å²) in [6.07, 6.45) is 2.09. The Balaban J connectivity index is 2.76. The van der Waals surface area contributed by atoms with Crippen LogP contribution in [0.5, 0.6) is 0 Å². The van der Waals surface area contributed by atoms with Gasteiger partial charge in [-0.2, -0.15) is 5.26 Å². The first-order valence-electron chi connectivity index (χ1n) is 5.44. The molecule has 0 spiro atoms. The Labute approximate surface area is 114 Å². The second kappa shape index (κ2) is 6.82. The monoisotopic (exact) mass is 308 g/mol. The first-order valence-corrected chi connectivity index (χ1v) is 6.23. The van der Waals surface area contributed by atoms with Crippen molar-refractivity contribution in [2.75, 3.05) is 11.9 Å². The molecule has 0 aliphatic carbocycles. The van der Waals surface area contributed by atoms with Gasteiger partial charge in [0.05, 0.1) is 11.3 Å². The standard InChI is InChI=1S/C13H13BrN2O2/c1-2-9(13(17)18)5-6-16-12-4-3-11(14)7-10(12)8-15/h3-5,7,16H,2,6H2,1H3,(H,17,18)/b9-5-. The lowest BCUT2D eigenvalue weighted by Crippen LogP contribution is -2.05. The maximum atomic E-state index is 10.8. The molecule has 0 radical (unpaired) electrons. The van der Waals surface area contributed by atoms with Crippen LogP contribution >= 0.6 is 15.9 Å². The van der Waals surface area contributed by atoms with E-state index in [1.54, 1.807) is 25.1 Å². The van der Waals surface area contributed by atoms with E-state index in [4.69, 9.17) is 10.4 Å². The lowest BCUT2D eigenvalue weighted by Gasteiger charge is -2.06.